The zero-order valence-corrected chi connectivity index (χ0v) is 14.5. The van der Waals surface area contributed by atoms with Crippen molar-refractivity contribution in [2.45, 2.75) is 40.0 Å². The van der Waals surface area contributed by atoms with E-state index >= 15 is 0 Å². The summed E-state index contributed by atoms with van der Waals surface area (Å²) in [7, 11) is 0. The number of nitrogens with one attached hydrogen (secondary N) is 1. The van der Waals surface area contributed by atoms with E-state index < -0.39 is 0 Å². The van der Waals surface area contributed by atoms with Crippen molar-refractivity contribution in [3.05, 3.63) is 51.4 Å². The van der Waals surface area contributed by atoms with Crippen LogP contribution in [0.2, 0.25) is 0 Å². The molecule has 1 aromatic heterocycles. The number of aromatic nitrogens is 2. The highest BCUT2D eigenvalue weighted by atomic mass is 79.9. The Labute approximate surface area is 135 Å². The maximum absolute atomic E-state index is 4.72. The number of halogens is 1. The van der Waals surface area contributed by atoms with Crippen LogP contribution >= 0.6 is 15.9 Å². The molecule has 0 amide bonds. The first kappa shape index (κ1) is 16.0. The van der Waals surface area contributed by atoms with Crippen molar-refractivity contribution in [2.75, 3.05) is 11.9 Å². The molecule has 0 aliphatic heterocycles. The first-order valence-corrected chi connectivity index (χ1v) is 8.28. The molecule has 21 heavy (non-hydrogen) atoms. The molecule has 1 aromatic carbocycles. The summed E-state index contributed by atoms with van der Waals surface area (Å²) in [6.07, 6.45) is 2.78. The van der Waals surface area contributed by atoms with Crippen molar-refractivity contribution in [2.24, 2.45) is 0 Å². The molecule has 0 spiro atoms. The normalized spacial score (nSPS) is 10.7. The largest absolute Gasteiger partial charge is 0.370 e. The summed E-state index contributed by atoms with van der Waals surface area (Å²) < 4.78 is 1.09. The van der Waals surface area contributed by atoms with E-state index in [1.165, 1.54) is 11.1 Å². The second kappa shape index (κ2) is 7.55. The molecule has 2 rings (SSSR count). The molecule has 0 bridgehead atoms. The molecule has 4 heteroatoms. The molecular formula is C17H22BrN3. The van der Waals surface area contributed by atoms with Crippen LogP contribution in [-0.4, -0.2) is 16.5 Å². The highest BCUT2D eigenvalue weighted by Gasteiger charge is 2.10. The molecule has 0 aliphatic carbocycles. The highest BCUT2D eigenvalue weighted by Crippen LogP contribution is 2.19. The second-order valence-electron chi connectivity index (χ2n) is 5.15. The Morgan fingerprint density at radius 2 is 2.00 bits per heavy atom. The average Bonchev–Trinajstić information content (AvgIpc) is 2.47. The monoisotopic (exact) mass is 347 g/mol. The Morgan fingerprint density at radius 1 is 1.19 bits per heavy atom. The summed E-state index contributed by atoms with van der Waals surface area (Å²) >= 11 is 3.51. The van der Waals surface area contributed by atoms with Crippen LogP contribution in [0.15, 0.2) is 28.7 Å². The number of rotatable bonds is 6. The first-order valence-electron chi connectivity index (χ1n) is 7.48. The third-order valence-electron chi connectivity index (χ3n) is 3.42. The molecule has 0 aliphatic rings. The number of hydrogen-bond acceptors (Lipinski definition) is 3. The van der Waals surface area contributed by atoms with Crippen LogP contribution in [0.4, 0.5) is 5.82 Å². The summed E-state index contributed by atoms with van der Waals surface area (Å²) in [6, 6.07) is 8.31. The van der Waals surface area contributed by atoms with Gasteiger partial charge in [0.15, 0.2) is 0 Å². The Kier molecular flexibility index (Phi) is 5.74. The predicted octanol–water partition coefficient (Wildman–Crippen LogP) is 4.52. The van der Waals surface area contributed by atoms with Crippen LogP contribution in [-0.2, 0) is 12.8 Å². The standard InChI is InChI=1S/C17H22BrN3/c1-4-9-19-17-12(3)15(5-2)20-16(21-17)11-13-7-6-8-14(18)10-13/h6-8,10H,4-5,9,11H2,1-3H3,(H,19,20,21). The predicted molar refractivity (Wildman–Crippen MR) is 91.9 cm³/mol. The van der Waals surface area contributed by atoms with Crippen molar-refractivity contribution in [1.29, 1.82) is 0 Å². The lowest BCUT2D eigenvalue weighted by Crippen LogP contribution is -2.10. The van der Waals surface area contributed by atoms with E-state index in [1.54, 1.807) is 0 Å². The second-order valence-corrected chi connectivity index (χ2v) is 6.06. The van der Waals surface area contributed by atoms with Crippen LogP contribution in [0.3, 0.4) is 0 Å². The highest BCUT2D eigenvalue weighted by molar-refractivity contribution is 9.10. The molecule has 3 nitrogen and oxygen atoms in total. The van der Waals surface area contributed by atoms with Crippen molar-refractivity contribution >= 4 is 21.7 Å². The van der Waals surface area contributed by atoms with E-state index in [4.69, 9.17) is 9.97 Å². The molecule has 0 unspecified atom stereocenters. The van der Waals surface area contributed by atoms with E-state index in [2.05, 4.69) is 54.2 Å². The Morgan fingerprint density at radius 3 is 2.67 bits per heavy atom. The van der Waals surface area contributed by atoms with Crippen LogP contribution in [0.1, 0.15) is 42.9 Å². The first-order chi connectivity index (χ1) is 10.1. The van der Waals surface area contributed by atoms with Crippen molar-refractivity contribution < 1.29 is 0 Å². The SMILES string of the molecule is CCCNc1nc(Cc2cccc(Br)c2)nc(CC)c1C. The number of aryl methyl sites for hydroxylation is 1. The van der Waals surface area contributed by atoms with Gasteiger partial charge in [0, 0.05) is 28.7 Å². The van der Waals surface area contributed by atoms with Gasteiger partial charge in [-0.3, -0.25) is 0 Å². The molecule has 2 aromatic rings. The van der Waals surface area contributed by atoms with Gasteiger partial charge in [-0.25, -0.2) is 9.97 Å². The van der Waals surface area contributed by atoms with E-state index in [0.717, 1.165) is 47.6 Å². The number of hydrogen-bond donors (Lipinski definition) is 1. The maximum atomic E-state index is 4.72. The maximum Gasteiger partial charge on any atom is 0.135 e. The summed E-state index contributed by atoms with van der Waals surface area (Å²) in [5.41, 5.74) is 3.52. The van der Waals surface area contributed by atoms with Gasteiger partial charge < -0.3 is 5.32 Å². The minimum absolute atomic E-state index is 0.757. The summed E-state index contributed by atoms with van der Waals surface area (Å²) in [6.45, 7) is 7.34. The minimum atomic E-state index is 0.757. The van der Waals surface area contributed by atoms with Gasteiger partial charge in [-0.1, -0.05) is 41.9 Å². The van der Waals surface area contributed by atoms with Gasteiger partial charge in [-0.05, 0) is 37.5 Å². The Hall–Kier alpha value is -1.42. The van der Waals surface area contributed by atoms with E-state index in [0.29, 0.717) is 0 Å². The molecule has 0 atom stereocenters. The van der Waals surface area contributed by atoms with E-state index in [-0.39, 0.29) is 0 Å². The third kappa shape index (κ3) is 4.27. The van der Waals surface area contributed by atoms with Crippen LogP contribution in [0, 0.1) is 6.92 Å². The third-order valence-corrected chi connectivity index (χ3v) is 3.91. The molecule has 0 saturated heterocycles. The fourth-order valence-corrected chi connectivity index (χ4v) is 2.73. The zero-order chi connectivity index (χ0) is 15.2. The molecule has 112 valence electrons. The molecule has 1 N–H and O–H groups in total. The average molecular weight is 348 g/mol. The van der Waals surface area contributed by atoms with Crippen molar-refractivity contribution in [3.8, 4) is 0 Å². The lowest BCUT2D eigenvalue weighted by molar-refractivity contribution is 0.876. The van der Waals surface area contributed by atoms with Crippen LogP contribution < -0.4 is 5.32 Å². The number of anilines is 1. The lowest BCUT2D eigenvalue weighted by Gasteiger charge is -2.13. The summed E-state index contributed by atoms with van der Waals surface area (Å²) in [5.74, 6) is 1.86. The Balaban J connectivity index is 2.30. The van der Waals surface area contributed by atoms with E-state index in [9.17, 15) is 0 Å². The zero-order valence-electron chi connectivity index (χ0n) is 12.9. The number of nitrogens with zero attached hydrogens (tertiary/aromatic N) is 2. The summed E-state index contributed by atoms with van der Waals surface area (Å²) in [5, 5.41) is 3.41. The quantitative estimate of drug-likeness (QED) is 0.834. The molecule has 0 saturated carbocycles. The van der Waals surface area contributed by atoms with Gasteiger partial charge >= 0.3 is 0 Å². The topological polar surface area (TPSA) is 37.8 Å². The molecule has 0 radical (unpaired) electrons. The van der Waals surface area contributed by atoms with Crippen molar-refractivity contribution in [3.63, 3.8) is 0 Å². The molecular weight excluding hydrogens is 326 g/mol. The number of benzene rings is 1. The Bertz CT molecular complexity index is 611. The van der Waals surface area contributed by atoms with Gasteiger partial charge in [0.2, 0.25) is 0 Å². The molecule has 0 fully saturated rings. The smallest absolute Gasteiger partial charge is 0.135 e. The lowest BCUT2D eigenvalue weighted by atomic mass is 10.1. The minimum Gasteiger partial charge on any atom is -0.370 e. The van der Waals surface area contributed by atoms with Crippen LogP contribution in [0.25, 0.3) is 0 Å². The fourth-order valence-electron chi connectivity index (χ4n) is 2.28. The fraction of sp³-hybridized carbons (Fsp3) is 0.412. The van der Waals surface area contributed by atoms with Gasteiger partial charge in [0.05, 0.1) is 0 Å². The summed E-state index contributed by atoms with van der Waals surface area (Å²) in [4.78, 5) is 9.42. The van der Waals surface area contributed by atoms with Gasteiger partial charge in [-0.15, -0.1) is 0 Å². The van der Waals surface area contributed by atoms with E-state index in [1.807, 2.05) is 12.1 Å². The van der Waals surface area contributed by atoms with Crippen LogP contribution in [0.5, 0.6) is 0 Å². The van der Waals surface area contributed by atoms with Gasteiger partial charge in [-0.2, -0.15) is 0 Å². The molecule has 1 heterocycles. The van der Waals surface area contributed by atoms with Gasteiger partial charge in [0.1, 0.15) is 11.6 Å². The van der Waals surface area contributed by atoms with Crippen molar-refractivity contribution in [1.82, 2.24) is 9.97 Å². The van der Waals surface area contributed by atoms with Gasteiger partial charge in [0.25, 0.3) is 0 Å².